The Morgan fingerprint density at radius 1 is 1.19 bits per heavy atom. The molecule has 3 aromatic rings. The fourth-order valence-electron chi connectivity index (χ4n) is 2.98. The van der Waals surface area contributed by atoms with E-state index in [9.17, 15) is 4.79 Å². The number of rotatable bonds is 4. The fourth-order valence-corrected chi connectivity index (χ4v) is 3.59. The van der Waals surface area contributed by atoms with Crippen LogP contribution in [0.25, 0.3) is 11.3 Å². The van der Waals surface area contributed by atoms with Crippen LogP contribution >= 0.6 is 27.5 Å². The molecule has 1 amide bonds. The van der Waals surface area contributed by atoms with E-state index in [4.69, 9.17) is 16.1 Å². The number of carbonyl (C=O) groups is 1. The van der Waals surface area contributed by atoms with E-state index in [1.54, 1.807) is 12.1 Å². The second kappa shape index (κ2) is 6.56. The summed E-state index contributed by atoms with van der Waals surface area (Å²) in [7, 11) is 0. The standard InChI is InChI=1S/C20H16BrClN2O2/c1-12-10-14(21)4-7-16(12)23-19(25)20(8-9-20)18-11-17(26-24-18)13-2-5-15(22)6-3-13/h2-7,10-11H,8-9H2,1H3,(H,23,25). The van der Waals surface area contributed by atoms with E-state index in [-0.39, 0.29) is 5.91 Å². The number of amides is 1. The maximum absolute atomic E-state index is 12.9. The molecule has 0 spiro atoms. The average Bonchev–Trinajstić information content (AvgIpc) is 3.29. The minimum atomic E-state index is -0.603. The first kappa shape index (κ1) is 17.3. The monoisotopic (exact) mass is 430 g/mol. The Morgan fingerprint density at radius 3 is 2.58 bits per heavy atom. The van der Waals surface area contributed by atoms with Gasteiger partial charge < -0.3 is 9.84 Å². The summed E-state index contributed by atoms with van der Waals surface area (Å²) < 4.78 is 6.46. The van der Waals surface area contributed by atoms with Crippen molar-refractivity contribution in [2.24, 2.45) is 0 Å². The first-order chi connectivity index (χ1) is 12.5. The number of aryl methyl sites for hydroxylation is 1. The molecule has 1 saturated carbocycles. The van der Waals surface area contributed by atoms with Gasteiger partial charge in [0.05, 0.1) is 11.1 Å². The molecule has 0 aliphatic heterocycles. The predicted octanol–water partition coefficient (Wildman–Crippen LogP) is 5.74. The molecule has 132 valence electrons. The first-order valence-corrected chi connectivity index (χ1v) is 9.46. The van der Waals surface area contributed by atoms with Crippen LogP contribution in [0.1, 0.15) is 24.1 Å². The molecule has 4 nitrogen and oxygen atoms in total. The molecule has 1 aromatic heterocycles. The van der Waals surface area contributed by atoms with Crippen molar-refractivity contribution in [2.45, 2.75) is 25.2 Å². The third-order valence-corrected chi connectivity index (χ3v) is 5.50. The van der Waals surface area contributed by atoms with Gasteiger partial charge in [-0.3, -0.25) is 4.79 Å². The molecule has 1 fully saturated rings. The van der Waals surface area contributed by atoms with Crippen molar-refractivity contribution in [2.75, 3.05) is 5.32 Å². The number of benzene rings is 2. The summed E-state index contributed by atoms with van der Waals surface area (Å²) in [5.41, 5.74) is 2.77. The van der Waals surface area contributed by atoms with E-state index < -0.39 is 5.41 Å². The zero-order valence-electron chi connectivity index (χ0n) is 14.1. The van der Waals surface area contributed by atoms with Gasteiger partial charge in [0, 0.05) is 26.8 Å². The van der Waals surface area contributed by atoms with Crippen LogP contribution in [0.5, 0.6) is 0 Å². The predicted molar refractivity (Wildman–Crippen MR) is 105 cm³/mol. The van der Waals surface area contributed by atoms with E-state index in [0.717, 1.165) is 34.1 Å². The van der Waals surface area contributed by atoms with E-state index in [2.05, 4.69) is 26.4 Å². The van der Waals surface area contributed by atoms with Crippen LogP contribution in [0.15, 0.2) is 57.5 Å². The van der Waals surface area contributed by atoms with Crippen LogP contribution in [-0.2, 0) is 10.2 Å². The number of hydrogen-bond donors (Lipinski definition) is 1. The number of hydrogen-bond acceptors (Lipinski definition) is 3. The van der Waals surface area contributed by atoms with Crippen LogP contribution < -0.4 is 5.32 Å². The lowest BCUT2D eigenvalue weighted by atomic mass is 10.00. The van der Waals surface area contributed by atoms with Gasteiger partial charge in [-0.25, -0.2) is 0 Å². The summed E-state index contributed by atoms with van der Waals surface area (Å²) in [6.45, 7) is 1.97. The summed E-state index contributed by atoms with van der Waals surface area (Å²) in [4.78, 5) is 12.9. The minimum absolute atomic E-state index is 0.0427. The zero-order valence-corrected chi connectivity index (χ0v) is 16.4. The van der Waals surface area contributed by atoms with Crippen molar-refractivity contribution in [1.82, 2.24) is 5.16 Å². The van der Waals surface area contributed by atoms with Crippen molar-refractivity contribution in [3.8, 4) is 11.3 Å². The summed E-state index contributed by atoms with van der Waals surface area (Å²) >= 11 is 9.36. The average molecular weight is 432 g/mol. The molecule has 0 saturated heterocycles. The van der Waals surface area contributed by atoms with Gasteiger partial charge in [0.25, 0.3) is 0 Å². The highest BCUT2D eigenvalue weighted by Gasteiger charge is 2.53. The summed E-state index contributed by atoms with van der Waals surface area (Å²) in [6.07, 6.45) is 1.53. The van der Waals surface area contributed by atoms with Gasteiger partial charge in [0.2, 0.25) is 5.91 Å². The Balaban J connectivity index is 1.57. The molecule has 1 aliphatic rings. The van der Waals surface area contributed by atoms with Crippen LogP contribution in [0.2, 0.25) is 5.02 Å². The van der Waals surface area contributed by atoms with Crippen LogP contribution in [0, 0.1) is 6.92 Å². The highest BCUT2D eigenvalue weighted by atomic mass is 79.9. The van der Waals surface area contributed by atoms with Gasteiger partial charge in [-0.1, -0.05) is 32.7 Å². The third-order valence-electron chi connectivity index (χ3n) is 4.75. The molecule has 0 unspecified atom stereocenters. The van der Waals surface area contributed by atoms with E-state index in [0.29, 0.717) is 16.5 Å². The summed E-state index contributed by atoms with van der Waals surface area (Å²) in [5.74, 6) is 0.592. The molecule has 26 heavy (non-hydrogen) atoms. The van der Waals surface area contributed by atoms with Crippen molar-refractivity contribution in [3.63, 3.8) is 0 Å². The van der Waals surface area contributed by atoms with Crippen LogP contribution in [0.4, 0.5) is 5.69 Å². The fraction of sp³-hybridized carbons (Fsp3) is 0.200. The second-order valence-electron chi connectivity index (χ2n) is 6.58. The van der Waals surface area contributed by atoms with E-state index in [1.807, 2.05) is 43.3 Å². The topological polar surface area (TPSA) is 55.1 Å². The Morgan fingerprint density at radius 2 is 1.92 bits per heavy atom. The normalized spacial score (nSPS) is 14.9. The number of anilines is 1. The zero-order chi connectivity index (χ0) is 18.3. The van der Waals surface area contributed by atoms with E-state index in [1.165, 1.54) is 0 Å². The van der Waals surface area contributed by atoms with Gasteiger partial charge in [-0.2, -0.15) is 0 Å². The van der Waals surface area contributed by atoms with Gasteiger partial charge in [-0.05, 0) is 67.8 Å². The highest BCUT2D eigenvalue weighted by molar-refractivity contribution is 9.10. The summed E-state index contributed by atoms with van der Waals surface area (Å²) in [5, 5.41) is 7.87. The number of carbonyl (C=O) groups excluding carboxylic acids is 1. The summed E-state index contributed by atoms with van der Waals surface area (Å²) in [6, 6.07) is 15.0. The molecule has 6 heteroatoms. The SMILES string of the molecule is Cc1cc(Br)ccc1NC(=O)C1(c2cc(-c3ccc(Cl)cc3)on2)CC1. The number of nitrogens with one attached hydrogen (secondary N) is 1. The van der Waals surface area contributed by atoms with Crippen LogP contribution in [-0.4, -0.2) is 11.1 Å². The molecule has 0 radical (unpaired) electrons. The van der Waals surface area contributed by atoms with Gasteiger partial charge in [0.15, 0.2) is 5.76 Å². The van der Waals surface area contributed by atoms with Crippen LogP contribution in [0.3, 0.4) is 0 Å². The number of halogens is 2. The lowest BCUT2D eigenvalue weighted by Gasteiger charge is -2.14. The minimum Gasteiger partial charge on any atom is -0.356 e. The molecule has 1 N–H and O–H groups in total. The molecule has 1 heterocycles. The van der Waals surface area contributed by atoms with Crippen molar-refractivity contribution in [3.05, 3.63) is 69.3 Å². The smallest absolute Gasteiger partial charge is 0.236 e. The molecular weight excluding hydrogens is 416 g/mol. The Kier molecular flexibility index (Phi) is 4.37. The van der Waals surface area contributed by atoms with E-state index >= 15 is 0 Å². The van der Waals surface area contributed by atoms with Crippen molar-refractivity contribution in [1.29, 1.82) is 0 Å². The van der Waals surface area contributed by atoms with Gasteiger partial charge >= 0.3 is 0 Å². The molecule has 0 bridgehead atoms. The Bertz CT molecular complexity index is 978. The molecular formula is C20H16BrClN2O2. The quantitative estimate of drug-likeness (QED) is 0.573. The molecule has 2 aromatic carbocycles. The second-order valence-corrected chi connectivity index (χ2v) is 7.93. The number of nitrogens with zero attached hydrogens (tertiary/aromatic N) is 1. The lowest BCUT2D eigenvalue weighted by Crippen LogP contribution is -2.28. The van der Waals surface area contributed by atoms with Gasteiger partial charge in [-0.15, -0.1) is 0 Å². The van der Waals surface area contributed by atoms with Crippen molar-refractivity contribution >= 4 is 39.1 Å². The molecule has 0 atom stereocenters. The third kappa shape index (κ3) is 3.17. The molecule has 4 rings (SSSR count). The number of aromatic nitrogens is 1. The van der Waals surface area contributed by atoms with Gasteiger partial charge in [0.1, 0.15) is 0 Å². The highest BCUT2D eigenvalue weighted by Crippen LogP contribution is 2.49. The Labute approximate surface area is 164 Å². The lowest BCUT2D eigenvalue weighted by molar-refractivity contribution is -0.118. The maximum atomic E-state index is 12.9. The molecule has 1 aliphatic carbocycles. The first-order valence-electron chi connectivity index (χ1n) is 8.29. The van der Waals surface area contributed by atoms with Crippen molar-refractivity contribution < 1.29 is 9.32 Å². The maximum Gasteiger partial charge on any atom is 0.236 e. The largest absolute Gasteiger partial charge is 0.356 e. The Hall–Kier alpha value is -2.11.